The van der Waals surface area contributed by atoms with E-state index in [2.05, 4.69) is 29.2 Å². The second-order valence-corrected chi connectivity index (χ2v) is 6.78. The van der Waals surface area contributed by atoms with Gasteiger partial charge in [-0.05, 0) is 31.0 Å². The van der Waals surface area contributed by atoms with Gasteiger partial charge < -0.3 is 4.57 Å². The van der Waals surface area contributed by atoms with Gasteiger partial charge in [-0.3, -0.25) is 4.79 Å². The van der Waals surface area contributed by atoms with Crippen LogP contribution < -0.4 is 0 Å². The summed E-state index contributed by atoms with van der Waals surface area (Å²) in [6, 6.07) is 15.4. The highest BCUT2D eigenvalue weighted by Crippen LogP contribution is 2.19. The molecule has 2 aromatic carbocycles. The predicted octanol–water partition coefficient (Wildman–Crippen LogP) is 4.33. The highest BCUT2D eigenvalue weighted by Gasteiger charge is 2.22. The summed E-state index contributed by atoms with van der Waals surface area (Å²) in [5, 5.41) is 9.97. The Balaban J connectivity index is 1.80. The third-order valence-electron chi connectivity index (χ3n) is 4.43. The van der Waals surface area contributed by atoms with Crippen molar-refractivity contribution in [1.82, 2.24) is 14.5 Å². The number of benzene rings is 2. The molecule has 6 heteroatoms. The molecule has 0 bridgehead atoms. The molecular formula is C21H19ClN4O. The van der Waals surface area contributed by atoms with Gasteiger partial charge in [0.2, 0.25) is 0 Å². The highest BCUT2D eigenvalue weighted by atomic mass is 35.5. The minimum absolute atomic E-state index is 0.110. The van der Waals surface area contributed by atoms with Crippen molar-refractivity contribution in [2.24, 2.45) is 0 Å². The Kier molecular flexibility index (Phi) is 5.58. The molecule has 27 heavy (non-hydrogen) atoms. The van der Waals surface area contributed by atoms with Gasteiger partial charge in [0.1, 0.15) is 5.69 Å². The quantitative estimate of drug-likeness (QED) is 0.490. The van der Waals surface area contributed by atoms with E-state index in [-0.39, 0.29) is 12.2 Å². The third-order valence-corrected chi connectivity index (χ3v) is 4.80. The molecule has 0 fully saturated rings. The Morgan fingerprint density at radius 3 is 2.56 bits per heavy atom. The predicted molar refractivity (Wildman–Crippen MR) is 104 cm³/mol. The van der Waals surface area contributed by atoms with E-state index in [1.165, 1.54) is 5.56 Å². The van der Waals surface area contributed by atoms with Gasteiger partial charge in [-0.1, -0.05) is 59.6 Å². The average Bonchev–Trinajstić information content (AvgIpc) is 3.03. The number of carbonyl (C=O) groups excluding carboxylic acids is 1. The van der Waals surface area contributed by atoms with E-state index in [1.807, 2.05) is 30.7 Å². The van der Waals surface area contributed by atoms with E-state index < -0.39 is 5.91 Å². The van der Waals surface area contributed by atoms with Crippen molar-refractivity contribution < 1.29 is 4.79 Å². The summed E-state index contributed by atoms with van der Waals surface area (Å²) in [6.07, 6.45) is 3.58. The lowest BCUT2D eigenvalue weighted by molar-refractivity contribution is 0.0818. The number of rotatable bonds is 5. The molecule has 0 aliphatic carbocycles. The monoisotopic (exact) mass is 378 g/mol. The number of nitrogens with zero attached hydrogens (tertiary/aromatic N) is 4. The molecule has 3 aromatic rings. The van der Waals surface area contributed by atoms with Crippen molar-refractivity contribution in [2.75, 3.05) is 0 Å². The zero-order valence-electron chi connectivity index (χ0n) is 15.2. The molecular weight excluding hydrogens is 360 g/mol. The first-order valence-corrected chi connectivity index (χ1v) is 8.89. The Morgan fingerprint density at radius 2 is 1.89 bits per heavy atom. The standard InChI is InChI=1S/C21H19ClN4O/c1-15-7-9-17(10-8-15)11-26-14-24-20(16(26)2)21(27)25(13-23)12-18-5-3-4-6-19(18)22/h3-10,14H,11-12H2,1-2H3. The van der Waals surface area contributed by atoms with Crippen LogP contribution in [0.25, 0.3) is 0 Å². The van der Waals surface area contributed by atoms with Gasteiger partial charge in [-0.2, -0.15) is 5.26 Å². The van der Waals surface area contributed by atoms with Gasteiger partial charge in [0.05, 0.1) is 12.9 Å². The van der Waals surface area contributed by atoms with Gasteiger partial charge >= 0.3 is 0 Å². The normalized spacial score (nSPS) is 10.4. The van der Waals surface area contributed by atoms with E-state index in [4.69, 9.17) is 11.6 Å². The third kappa shape index (κ3) is 4.18. The summed E-state index contributed by atoms with van der Waals surface area (Å²) in [7, 11) is 0. The zero-order chi connectivity index (χ0) is 19.4. The summed E-state index contributed by atoms with van der Waals surface area (Å²) in [5.74, 6) is -0.433. The molecule has 0 saturated carbocycles. The number of aromatic nitrogens is 2. The first-order chi connectivity index (χ1) is 13.0. The summed E-state index contributed by atoms with van der Waals surface area (Å²) in [6.45, 7) is 4.60. The number of hydrogen-bond acceptors (Lipinski definition) is 3. The lowest BCUT2D eigenvalue weighted by Crippen LogP contribution is -2.27. The zero-order valence-corrected chi connectivity index (χ0v) is 15.9. The molecule has 0 unspecified atom stereocenters. The number of carbonyl (C=O) groups is 1. The molecule has 0 spiro atoms. The Bertz CT molecular complexity index is 1000. The lowest BCUT2D eigenvalue weighted by Gasteiger charge is -2.14. The molecule has 0 radical (unpaired) electrons. The van der Waals surface area contributed by atoms with E-state index in [0.717, 1.165) is 16.2 Å². The minimum Gasteiger partial charge on any atom is -0.330 e. The van der Waals surface area contributed by atoms with Crippen LogP contribution in [0.15, 0.2) is 54.9 Å². The van der Waals surface area contributed by atoms with Crippen LogP contribution in [0.3, 0.4) is 0 Å². The fraction of sp³-hybridized carbons (Fsp3) is 0.190. The van der Waals surface area contributed by atoms with Gasteiger partial charge in [0, 0.05) is 17.3 Å². The molecule has 0 aliphatic heterocycles. The summed E-state index contributed by atoms with van der Waals surface area (Å²) >= 11 is 6.15. The van der Waals surface area contributed by atoms with Crippen LogP contribution in [0.4, 0.5) is 0 Å². The molecule has 1 aromatic heterocycles. The minimum atomic E-state index is -0.433. The van der Waals surface area contributed by atoms with Crippen LogP contribution in [0.5, 0.6) is 0 Å². The Labute approximate surface area is 163 Å². The summed E-state index contributed by atoms with van der Waals surface area (Å²) in [4.78, 5) is 18.1. The Hall–Kier alpha value is -3.10. The maximum Gasteiger partial charge on any atom is 0.287 e. The summed E-state index contributed by atoms with van der Waals surface area (Å²) < 4.78 is 1.91. The molecule has 3 rings (SSSR count). The molecule has 1 heterocycles. The molecule has 0 saturated heterocycles. The van der Waals surface area contributed by atoms with Crippen molar-refractivity contribution in [2.45, 2.75) is 26.9 Å². The van der Waals surface area contributed by atoms with Crippen molar-refractivity contribution in [3.63, 3.8) is 0 Å². The fourth-order valence-electron chi connectivity index (χ4n) is 2.78. The molecule has 0 atom stereocenters. The largest absolute Gasteiger partial charge is 0.330 e. The SMILES string of the molecule is Cc1ccc(Cn2cnc(C(=O)N(C#N)Cc3ccccc3Cl)c2C)cc1. The van der Waals surface area contributed by atoms with Gasteiger partial charge in [0.25, 0.3) is 5.91 Å². The van der Waals surface area contributed by atoms with Crippen molar-refractivity contribution in [1.29, 1.82) is 5.26 Å². The lowest BCUT2D eigenvalue weighted by atomic mass is 10.1. The number of nitriles is 1. The van der Waals surface area contributed by atoms with Crippen molar-refractivity contribution in [3.8, 4) is 6.19 Å². The molecule has 136 valence electrons. The number of halogens is 1. The smallest absolute Gasteiger partial charge is 0.287 e. The Morgan fingerprint density at radius 1 is 1.19 bits per heavy atom. The van der Waals surface area contributed by atoms with Crippen LogP contribution in [-0.4, -0.2) is 20.4 Å². The van der Waals surface area contributed by atoms with Crippen LogP contribution in [0.1, 0.15) is 32.9 Å². The van der Waals surface area contributed by atoms with Crippen LogP contribution >= 0.6 is 11.6 Å². The van der Waals surface area contributed by atoms with E-state index in [1.54, 1.807) is 24.5 Å². The molecule has 0 aliphatic rings. The molecule has 5 nitrogen and oxygen atoms in total. The van der Waals surface area contributed by atoms with Crippen molar-refractivity contribution in [3.05, 3.63) is 88.0 Å². The van der Waals surface area contributed by atoms with Crippen molar-refractivity contribution >= 4 is 17.5 Å². The number of imidazole rings is 1. The van der Waals surface area contributed by atoms with Crippen LogP contribution in [0.2, 0.25) is 5.02 Å². The molecule has 0 N–H and O–H groups in total. The molecule has 1 amide bonds. The van der Waals surface area contributed by atoms with Gasteiger partial charge in [0.15, 0.2) is 6.19 Å². The highest BCUT2D eigenvalue weighted by molar-refractivity contribution is 6.31. The number of amides is 1. The van der Waals surface area contributed by atoms with Crippen LogP contribution in [0, 0.1) is 25.3 Å². The van der Waals surface area contributed by atoms with Crippen LogP contribution in [-0.2, 0) is 13.1 Å². The first-order valence-electron chi connectivity index (χ1n) is 8.52. The first kappa shape index (κ1) is 18.7. The van der Waals surface area contributed by atoms with E-state index in [9.17, 15) is 10.1 Å². The number of aryl methyl sites for hydroxylation is 1. The average molecular weight is 379 g/mol. The maximum absolute atomic E-state index is 12.8. The van der Waals surface area contributed by atoms with Gasteiger partial charge in [-0.15, -0.1) is 0 Å². The van der Waals surface area contributed by atoms with Gasteiger partial charge in [-0.25, -0.2) is 9.88 Å². The summed E-state index contributed by atoms with van der Waals surface area (Å²) in [5.41, 5.74) is 4.02. The van der Waals surface area contributed by atoms with E-state index >= 15 is 0 Å². The maximum atomic E-state index is 12.8. The number of hydrogen-bond donors (Lipinski definition) is 0. The topological polar surface area (TPSA) is 61.9 Å². The fourth-order valence-corrected chi connectivity index (χ4v) is 2.98. The second-order valence-electron chi connectivity index (χ2n) is 6.37. The van der Waals surface area contributed by atoms with E-state index in [0.29, 0.717) is 17.1 Å². The second kappa shape index (κ2) is 8.07.